The summed E-state index contributed by atoms with van der Waals surface area (Å²) >= 11 is 0. The molecule has 1 aromatic carbocycles. The Balaban J connectivity index is 2.26. The van der Waals surface area contributed by atoms with Gasteiger partial charge in [-0.05, 0) is 37.8 Å². The first-order valence-corrected chi connectivity index (χ1v) is 8.92. The van der Waals surface area contributed by atoms with E-state index in [4.69, 9.17) is 5.73 Å². The van der Waals surface area contributed by atoms with E-state index in [1.54, 1.807) is 25.1 Å². The fraction of sp³-hybridized carbons (Fsp3) is 0.400. The van der Waals surface area contributed by atoms with E-state index < -0.39 is 34.1 Å². The summed E-state index contributed by atoms with van der Waals surface area (Å²) in [6.45, 7) is 1.71. The third-order valence-corrected chi connectivity index (χ3v) is 5.31. The highest BCUT2D eigenvalue weighted by Crippen LogP contribution is 2.19. The van der Waals surface area contributed by atoms with Gasteiger partial charge in [-0.15, -0.1) is 0 Å². The zero-order valence-electron chi connectivity index (χ0n) is 13.2. The molecule has 4 N–H and O–H groups in total. The molecular weight excluding hydrogens is 334 g/mol. The van der Waals surface area contributed by atoms with Gasteiger partial charge >= 0.3 is 6.03 Å². The minimum absolute atomic E-state index is 0.0316. The number of carbonyl (C=O) groups is 2. The van der Waals surface area contributed by atoms with Gasteiger partial charge in [0.15, 0.2) is 0 Å². The fourth-order valence-electron chi connectivity index (χ4n) is 2.64. The average molecular weight is 354 g/mol. The van der Waals surface area contributed by atoms with Crippen molar-refractivity contribution in [1.29, 1.82) is 0 Å². The molecule has 1 aliphatic heterocycles. The van der Waals surface area contributed by atoms with Crippen LogP contribution in [0.1, 0.15) is 18.4 Å². The number of rotatable bonds is 3. The number of urea groups is 1. The average Bonchev–Trinajstić information content (AvgIpc) is 2.68. The Morgan fingerprint density at radius 3 is 2.62 bits per heavy atom. The lowest BCUT2D eigenvalue weighted by atomic mass is 10.1. The Labute approximate surface area is 140 Å². The lowest BCUT2D eigenvalue weighted by Gasteiger charge is -2.30. The Morgan fingerprint density at radius 1 is 1.33 bits per heavy atom. The van der Waals surface area contributed by atoms with Crippen LogP contribution >= 0.6 is 0 Å². The summed E-state index contributed by atoms with van der Waals surface area (Å²) in [6, 6.07) is 3.91. The van der Waals surface area contributed by atoms with Crippen molar-refractivity contribution in [3.63, 3.8) is 0 Å². The molecule has 1 aromatic rings. The number of nitrogens with zero attached hydrogens (tertiary/aromatic N) is 1. The molecular formula is C15H20N3O5S. The molecule has 9 heteroatoms. The number of aliphatic hydroxyl groups excluding tert-OH is 1. The second kappa shape index (κ2) is 7.18. The number of likely N-dealkylation sites (tertiary alicyclic amines) is 1. The van der Waals surface area contributed by atoms with Gasteiger partial charge in [-0.2, -0.15) is 0 Å². The molecule has 1 fully saturated rings. The Bertz CT molecular complexity index is 734. The number of aryl methyl sites for hydroxylation is 1. The van der Waals surface area contributed by atoms with Crippen molar-refractivity contribution in [1.82, 2.24) is 9.62 Å². The van der Waals surface area contributed by atoms with E-state index in [1.807, 2.05) is 4.72 Å². The molecule has 2 unspecified atom stereocenters. The summed E-state index contributed by atoms with van der Waals surface area (Å²) in [5.74, 6) is -0.899. The molecule has 131 valence electrons. The van der Waals surface area contributed by atoms with Crippen LogP contribution in [0.15, 0.2) is 29.2 Å². The Kier molecular flexibility index (Phi) is 5.45. The van der Waals surface area contributed by atoms with Crippen LogP contribution in [0.5, 0.6) is 0 Å². The van der Waals surface area contributed by atoms with Crippen LogP contribution in [0.2, 0.25) is 0 Å². The first-order valence-electron chi connectivity index (χ1n) is 7.44. The molecule has 0 spiro atoms. The predicted molar refractivity (Wildman–Crippen MR) is 86.1 cm³/mol. The number of nitrogens with one attached hydrogen (secondary N) is 1. The van der Waals surface area contributed by atoms with Crippen LogP contribution in [-0.2, 0) is 14.8 Å². The van der Waals surface area contributed by atoms with Gasteiger partial charge in [0.05, 0.1) is 11.0 Å². The van der Waals surface area contributed by atoms with Gasteiger partial charge in [0, 0.05) is 6.54 Å². The lowest BCUT2D eigenvalue weighted by molar-refractivity contribution is -0.125. The Morgan fingerprint density at radius 2 is 2.00 bits per heavy atom. The quantitative estimate of drug-likeness (QED) is 0.698. The number of hydrogen-bond acceptors (Lipinski definition) is 5. The van der Waals surface area contributed by atoms with E-state index in [1.165, 1.54) is 12.5 Å². The molecule has 2 atom stereocenters. The van der Waals surface area contributed by atoms with E-state index in [2.05, 4.69) is 0 Å². The number of amides is 3. The lowest BCUT2D eigenvalue weighted by Crippen LogP contribution is -2.56. The topological polar surface area (TPSA) is 130 Å². The van der Waals surface area contributed by atoms with Crippen molar-refractivity contribution < 1.29 is 23.1 Å². The minimum atomic E-state index is -4.10. The number of sulfonamides is 1. The van der Waals surface area contributed by atoms with Crippen molar-refractivity contribution >= 4 is 22.0 Å². The molecule has 2 rings (SSSR count). The second-order valence-electron chi connectivity index (χ2n) is 5.59. The second-order valence-corrected chi connectivity index (χ2v) is 7.24. The molecule has 0 aliphatic carbocycles. The molecule has 1 radical (unpaired) electrons. The van der Waals surface area contributed by atoms with Crippen molar-refractivity contribution in [2.45, 2.75) is 36.8 Å². The normalized spacial score (nSPS) is 21.8. The number of primary amides is 1. The van der Waals surface area contributed by atoms with E-state index in [0.717, 1.165) is 4.90 Å². The maximum atomic E-state index is 12.4. The van der Waals surface area contributed by atoms with E-state index >= 15 is 0 Å². The third-order valence-electron chi connectivity index (χ3n) is 3.83. The zero-order chi connectivity index (χ0) is 17.9. The number of aliphatic hydroxyl groups is 1. The Hall–Kier alpha value is -2.13. The molecule has 24 heavy (non-hydrogen) atoms. The van der Waals surface area contributed by atoms with Crippen LogP contribution in [-0.4, -0.2) is 49.1 Å². The molecule has 3 amide bonds. The van der Waals surface area contributed by atoms with Crippen LogP contribution in [0.3, 0.4) is 0 Å². The highest BCUT2D eigenvalue weighted by molar-refractivity contribution is 7.90. The summed E-state index contributed by atoms with van der Waals surface area (Å²) in [4.78, 5) is 24.9. The first-order chi connectivity index (χ1) is 11.2. The van der Waals surface area contributed by atoms with Gasteiger partial charge in [-0.3, -0.25) is 4.79 Å². The molecule has 1 heterocycles. The maximum Gasteiger partial charge on any atom is 0.332 e. The largest absolute Gasteiger partial charge is 0.390 e. The number of hydrogen-bond donors (Lipinski definition) is 3. The van der Waals surface area contributed by atoms with Gasteiger partial charge in [0.2, 0.25) is 5.91 Å². The zero-order valence-corrected chi connectivity index (χ0v) is 14.0. The van der Waals surface area contributed by atoms with E-state index in [-0.39, 0.29) is 11.4 Å². The number of nitrogens with two attached hydrogens (primary N) is 1. The summed E-state index contributed by atoms with van der Waals surface area (Å²) < 4.78 is 26.8. The first kappa shape index (κ1) is 18.2. The van der Waals surface area contributed by atoms with Gasteiger partial charge in [-0.1, -0.05) is 18.2 Å². The summed E-state index contributed by atoms with van der Waals surface area (Å²) in [5.41, 5.74) is 5.74. The van der Waals surface area contributed by atoms with Crippen LogP contribution in [0.4, 0.5) is 4.79 Å². The monoisotopic (exact) mass is 354 g/mol. The minimum Gasteiger partial charge on any atom is -0.390 e. The van der Waals surface area contributed by atoms with Crippen molar-refractivity contribution in [3.05, 3.63) is 36.2 Å². The molecule has 0 saturated carbocycles. The van der Waals surface area contributed by atoms with Gasteiger partial charge in [0.1, 0.15) is 6.04 Å². The smallest absolute Gasteiger partial charge is 0.332 e. The predicted octanol–water partition coefficient (Wildman–Crippen LogP) is -0.0918. The number of benzene rings is 1. The summed E-state index contributed by atoms with van der Waals surface area (Å²) in [7, 11) is -4.10. The van der Waals surface area contributed by atoms with Crippen LogP contribution in [0.25, 0.3) is 0 Å². The van der Waals surface area contributed by atoms with Crippen molar-refractivity contribution in [2.24, 2.45) is 5.73 Å². The van der Waals surface area contributed by atoms with Gasteiger partial charge < -0.3 is 15.7 Å². The number of carbonyl (C=O) groups excluding carboxylic acids is 2. The van der Waals surface area contributed by atoms with Crippen molar-refractivity contribution in [3.8, 4) is 0 Å². The van der Waals surface area contributed by atoms with Crippen LogP contribution in [0, 0.1) is 13.3 Å². The maximum absolute atomic E-state index is 12.4. The molecule has 8 nitrogen and oxygen atoms in total. The van der Waals surface area contributed by atoms with Gasteiger partial charge in [0.25, 0.3) is 10.0 Å². The highest BCUT2D eigenvalue weighted by Gasteiger charge is 2.37. The fourth-order valence-corrected chi connectivity index (χ4v) is 3.85. The van der Waals surface area contributed by atoms with E-state index in [9.17, 15) is 23.1 Å². The molecule has 1 aliphatic rings. The third kappa shape index (κ3) is 3.85. The SMILES string of the molecule is Cc1ccccc1S(=O)(=O)NC(=O)N1CCC[CH]C(O)C1C(N)=O. The molecule has 0 aromatic heterocycles. The summed E-state index contributed by atoms with van der Waals surface area (Å²) in [5, 5.41) is 9.97. The standard InChI is InChI=1S/C15H20N3O5S/c1-10-6-2-3-8-12(10)24(22,23)17-15(21)18-9-5-4-7-11(19)13(18)14(16)20/h2-3,6-8,11,13,19H,4-5,9H2,1H3,(H2,16,20)(H,17,21). The highest BCUT2D eigenvalue weighted by atomic mass is 32.2. The van der Waals surface area contributed by atoms with Crippen LogP contribution < -0.4 is 10.5 Å². The summed E-state index contributed by atoms with van der Waals surface area (Å²) in [6.07, 6.45) is 1.22. The van der Waals surface area contributed by atoms with Gasteiger partial charge in [-0.25, -0.2) is 17.9 Å². The molecule has 1 saturated heterocycles. The molecule has 0 bridgehead atoms. The van der Waals surface area contributed by atoms with E-state index in [0.29, 0.717) is 18.4 Å². The van der Waals surface area contributed by atoms with Crippen molar-refractivity contribution in [2.75, 3.05) is 6.54 Å².